The number of hydrogen-bond donors (Lipinski definition) is 1. The Bertz CT molecular complexity index is 1320. The third kappa shape index (κ3) is 7.05. The van der Waals surface area contributed by atoms with E-state index in [-0.39, 0.29) is 42.2 Å². The van der Waals surface area contributed by atoms with Crippen molar-refractivity contribution < 1.29 is 33.4 Å². The lowest BCUT2D eigenvalue weighted by molar-refractivity contribution is -0.159. The van der Waals surface area contributed by atoms with Crippen molar-refractivity contribution in [1.82, 2.24) is 9.88 Å². The van der Waals surface area contributed by atoms with Gasteiger partial charge in [-0.25, -0.2) is 0 Å². The number of rotatable bonds is 10. The van der Waals surface area contributed by atoms with Gasteiger partial charge < -0.3 is 19.4 Å². The zero-order valence-corrected chi connectivity index (χ0v) is 24.8. The molecule has 0 bridgehead atoms. The first-order valence-corrected chi connectivity index (χ1v) is 14.6. The summed E-state index contributed by atoms with van der Waals surface area (Å²) in [6.45, 7) is 7.01. The van der Waals surface area contributed by atoms with Crippen molar-refractivity contribution in [3.8, 4) is 5.75 Å². The summed E-state index contributed by atoms with van der Waals surface area (Å²) in [6.07, 6.45) is 3.61. The molecule has 0 radical (unpaired) electrons. The number of amides is 1. The van der Waals surface area contributed by atoms with Gasteiger partial charge in [-0.05, 0) is 70.6 Å². The number of hydrogen-bond acceptors (Lipinski definition) is 7. The molecule has 1 amide bonds. The van der Waals surface area contributed by atoms with Gasteiger partial charge in [0.1, 0.15) is 11.5 Å². The maximum Gasteiger partial charge on any atom is 0.311 e. The van der Waals surface area contributed by atoms with Crippen LogP contribution < -0.4 is 4.74 Å². The van der Waals surface area contributed by atoms with Gasteiger partial charge in [0.05, 0.1) is 24.3 Å². The largest absolute Gasteiger partial charge is 0.496 e. The monoisotopic (exact) mass is 566 g/mol. The summed E-state index contributed by atoms with van der Waals surface area (Å²) in [5.74, 6) is -1.48. The van der Waals surface area contributed by atoms with Crippen LogP contribution in [0.5, 0.6) is 5.75 Å². The third-order valence-electron chi connectivity index (χ3n) is 8.30. The minimum absolute atomic E-state index is 0.00289. The summed E-state index contributed by atoms with van der Waals surface area (Å²) in [5, 5.41) is 0.788. The number of aromatic nitrogens is 1. The molecule has 222 valence electrons. The molecule has 1 unspecified atom stereocenters. The number of H-pyrrole nitrogens is 1. The highest BCUT2D eigenvalue weighted by atomic mass is 16.5. The molecule has 1 aliphatic carbocycles. The van der Waals surface area contributed by atoms with Crippen LogP contribution in [0.4, 0.5) is 0 Å². The van der Waals surface area contributed by atoms with E-state index in [1.807, 2.05) is 25.1 Å². The second-order valence-corrected chi connectivity index (χ2v) is 12.7. The number of methoxy groups -OCH3 is 1. The number of ketones is 3. The topological polar surface area (TPSA) is 123 Å². The van der Waals surface area contributed by atoms with Crippen LogP contribution in [0.15, 0.2) is 24.3 Å². The molecule has 1 aromatic carbocycles. The van der Waals surface area contributed by atoms with Crippen LogP contribution in [0.1, 0.15) is 83.1 Å². The molecule has 1 aromatic heterocycles. The molecule has 1 saturated heterocycles. The molecule has 2 fully saturated rings. The number of likely N-dealkylation sites (tertiary alicyclic amines) is 1. The molecule has 2 aliphatic rings. The Morgan fingerprint density at radius 2 is 1.88 bits per heavy atom. The van der Waals surface area contributed by atoms with Crippen molar-refractivity contribution in [3.63, 3.8) is 0 Å². The minimum Gasteiger partial charge on any atom is -0.496 e. The maximum atomic E-state index is 13.9. The first-order valence-electron chi connectivity index (χ1n) is 14.6. The molecule has 41 heavy (non-hydrogen) atoms. The number of nitrogens with one attached hydrogen (secondary N) is 1. The average molecular weight is 567 g/mol. The van der Waals surface area contributed by atoms with Crippen LogP contribution in [0.25, 0.3) is 10.9 Å². The Hall–Kier alpha value is -3.49. The Morgan fingerprint density at radius 3 is 2.56 bits per heavy atom. The fourth-order valence-electron chi connectivity index (χ4n) is 6.02. The number of Topliss-reactive ketones (excluding diaryl/α,β-unsaturated/α-hetero) is 3. The smallest absolute Gasteiger partial charge is 0.311 e. The average Bonchev–Trinajstić information content (AvgIpc) is 3.37. The molecule has 0 spiro atoms. The molecule has 4 rings (SSSR count). The van der Waals surface area contributed by atoms with Crippen molar-refractivity contribution >= 4 is 40.1 Å². The number of ether oxygens (including phenoxy) is 2. The Morgan fingerprint density at radius 1 is 1.12 bits per heavy atom. The van der Waals surface area contributed by atoms with Gasteiger partial charge in [-0.1, -0.05) is 19.4 Å². The summed E-state index contributed by atoms with van der Waals surface area (Å²) < 4.78 is 10.7. The Labute approximate surface area is 241 Å². The molecule has 2 heterocycles. The molecule has 9 heteroatoms. The highest BCUT2D eigenvalue weighted by molar-refractivity contribution is 6.03. The number of esters is 1. The highest BCUT2D eigenvalue weighted by Crippen LogP contribution is 2.33. The van der Waals surface area contributed by atoms with Crippen LogP contribution in [0.2, 0.25) is 0 Å². The van der Waals surface area contributed by atoms with E-state index in [4.69, 9.17) is 9.47 Å². The van der Waals surface area contributed by atoms with Crippen LogP contribution in [-0.4, -0.2) is 65.4 Å². The normalized spacial score (nSPS) is 22.5. The van der Waals surface area contributed by atoms with Crippen LogP contribution in [-0.2, 0) is 23.9 Å². The molecule has 1 aliphatic heterocycles. The molecule has 1 saturated carbocycles. The molecule has 9 nitrogen and oxygen atoms in total. The second kappa shape index (κ2) is 12.6. The quantitative estimate of drug-likeness (QED) is 0.320. The summed E-state index contributed by atoms with van der Waals surface area (Å²) in [7, 11) is 1.57. The standard InChI is InChI=1S/C32H42N2O7/c1-19-13-21(15-27(36)24-16-22-23(33-24)10-8-12-29(22)40-5)30(38)34(17-19)25(14-20-9-6-7-11-26(20)35)28(37)18-41-31(39)32(2,3)4/h8,10,12,16,19-21,25,33H,6-7,9,11,13-15,17-18H2,1-5H3/t19?,20-,21+,25-/m0/s1. The zero-order valence-electron chi connectivity index (χ0n) is 24.8. The van der Waals surface area contributed by atoms with Gasteiger partial charge in [-0.2, -0.15) is 0 Å². The number of piperidine rings is 1. The van der Waals surface area contributed by atoms with Gasteiger partial charge in [0.25, 0.3) is 0 Å². The molecule has 4 atom stereocenters. The Kier molecular flexibility index (Phi) is 9.34. The van der Waals surface area contributed by atoms with Crippen molar-refractivity contribution in [1.29, 1.82) is 0 Å². The number of carbonyl (C=O) groups excluding carboxylic acids is 5. The summed E-state index contributed by atoms with van der Waals surface area (Å²) >= 11 is 0. The number of aromatic amines is 1. The number of nitrogens with zero attached hydrogens (tertiary/aromatic N) is 1. The second-order valence-electron chi connectivity index (χ2n) is 12.7. The van der Waals surface area contributed by atoms with Crippen LogP contribution >= 0.6 is 0 Å². The highest BCUT2D eigenvalue weighted by Gasteiger charge is 2.42. The molecule has 2 aromatic rings. The van der Waals surface area contributed by atoms with Gasteiger partial charge in [-0.15, -0.1) is 0 Å². The lowest BCUT2D eigenvalue weighted by Crippen LogP contribution is -2.54. The van der Waals surface area contributed by atoms with E-state index in [0.717, 1.165) is 23.7 Å². The molecule has 1 N–H and O–H groups in total. The van der Waals surface area contributed by atoms with Gasteiger partial charge in [0.15, 0.2) is 18.2 Å². The summed E-state index contributed by atoms with van der Waals surface area (Å²) in [5.41, 5.74) is 0.393. The predicted octanol–water partition coefficient (Wildman–Crippen LogP) is 4.91. The first-order chi connectivity index (χ1) is 19.4. The van der Waals surface area contributed by atoms with E-state index in [0.29, 0.717) is 37.3 Å². The van der Waals surface area contributed by atoms with E-state index < -0.39 is 35.7 Å². The first kappa shape index (κ1) is 30.5. The van der Waals surface area contributed by atoms with Gasteiger partial charge in [0, 0.05) is 42.1 Å². The predicted molar refractivity (Wildman–Crippen MR) is 154 cm³/mol. The van der Waals surface area contributed by atoms with Gasteiger partial charge in [0.2, 0.25) is 5.91 Å². The summed E-state index contributed by atoms with van der Waals surface area (Å²) in [6, 6.07) is 6.37. The van der Waals surface area contributed by atoms with Crippen molar-refractivity contribution in [2.45, 2.75) is 78.7 Å². The Balaban J connectivity index is 1.54. The van der Waals surface area contributed by atoms with E-state index in [1.54, 1.807) is 38.8 Å². The van der Waals surface area contributed by atoms with Gasteiger partial charge >= 0.3 is 5.97 Å². The van der Waals surface area contributed by atoms with E-state index in [2.05, 4.69) is 4.98 Å². The van der Waals surface area contributed by atoms with Crippen molar-refractivity contribution in [3.05, 3.63) is 30.0 Å². The molecular formula is C32H42N2O7. The van der Waals surface area contributed by atoms with E-state index in [1.165, 1.54) is 0 Å². The number of fused-ring (bicyclic) bond motifs is 1. The van der Waals surface area contributed by atoms with E-state index in [9.17, 15) is 24.0 Å². The van der Waals surface area contributed by atoms with Crippen molar-refractivity contribution in [2.75, 3.05) is 20.3 Å². The fraction of sp³-hybridized carbons (Fsp3) is 0.594. The lowest BCUT2D eigenvalue weighted by Gasteiger charge is -2.41. The number of carbonyl (C=O) groups is 5. The maximum absolute atomic E-state index is 13.9. The fourth-order valence-corrected chi connectivity index (χ4v) is 6.02. The van der Waals surface area contributed by atoms with Crippen LogP contribution in [0, 0.1) is 23.2 Å². The van der Waals surface area contributed by atoms with Crippen molar-refractivity contribution in [2.24, 2.45) is 23.2 Å². The van der Waals surface area contributed by atoms with Gasteiger partial charge in [-0.3, -0.25) is 24.0 Å². The minimum atomic E-state index is -0.889. The zero-order chi connectivity index (χ0) is 29.9. The van der Waals surface area contributed by atoms with E-state index >= 15 is 0 Å². The third-order valence-corrected chi connectivity index (χ3v) is 8.30. The summed E-state index contributed by atoms with van der Waals surface area (Å²) in [4.78, 5) is 70.6. The molecular weight excluding hydrogens is 524 g/mol. The van der Waals surface area contributed by atoms with Crippen LogP contribution in [0.3, 0.4) is 0 Å². The lowest BCUT2D eigenvalue weighted by atomic mass is 9.80. The SMILES string of the molecule is COc1cccc2[nH]c(C(=O)C[C@H]3CC(C)CN([C@@H](C[C@@H]4CCCCC4=O)C(=O)COC(=O)C(C)(C)C)C3=O)cc12. The number of benzene rings is 1.